The maximum atomic E-state index is 10.8. The molecule has 0 aliphatic heterocycles. The Labute approximate surface area is 69.2 Å². The van der Waals surface area contributed by atoms with Crippen LogP contribution in [-0.4, -0.2) is 30.4 Å². The second kappa shape index (κ2) is 4.38. The van der Waals surface area contributed by atoms with Crippen molar-refractivity contribution in [2.24, 2.45) is 0 Å². The van der Waals surface area contributed by atoms with Crippen molar-refractivity contribution in [1.29, 1.82) is 5.41 Å². The molecule has 0 aliphatic rings. The molecule has 0 unspecified atom stereocenters. The zero-order chi connectivity index (χ0) is 9.72. The lowest BCUT2D eigenvalue weighted by atomic mass is 10.1. The first-order chi connectivity index (χ1) is 5.49. The van der Waals surface area contributed by atoms with E-state index in [-0.39, 0.29) is 5.78 Å². The van der Waals surface area contributed by atoms with E-state index in [1.807, 2.05) is 0 Å². The summed E-state index contributed by atoms with van der Waals surface area (Å²) in [6.45, 7) is 1.21. The third-order valence-electron chi connectivity index (χ3n) is 1.08. The predicted octanol–water partition coefficient (Wildman–Crippen LogP) is -0.273. The molecule has 5 nitrogen and oxygen atoms in total. The first-order valence-corrected chi connectivity index (χ1v) is 3.18. The summed E-state index contributed by atoms with van der Waals surface area (Å²) in [7, 11) is 1.07. The average Bonchev–Trinajstić information content (AvgIpc) is 2.00. The number of carbonyl (C=O) groups is 3. The molecule has 66 valence electrons. The average molecular weight is 171 g/mol. The normalized spacial score (nSPS) is 8.83. The molecule has 0 fully saturated rings. The van der Waals surface area contributed by atoms with Crippen LogP contribution in [0, 0.1) is 5.41 Å². The van der Waals surface area contributed by atoms with Crippen molar-refractivity contribution in [3.63, 3.8) is 0 Å². The minimum Gasteiger partial charge on any atom is -0.464 e. The summed E-state index contributed by atoms with van der Waals surface area (Å²) in [4.78, 5) is 31.8. The summed E-state index contributed by atoms with van der Waals surface area (Å²) >= 11 is 0. The van der Waals surface area contributed by atoms with Gasteiger partial charge < -0.3 is 4.74 Å². The second-order valence-corrected chi connectivity index (χ2v) is 2.17. The van der Waals surface area contributed by atoms with E-state index < -0.39 is 23.9 Å². The van der Waals surface area contributed by atoms with Gasteiger partial charge in [0.15, 0.2) is 11.5 Å². The van der Waals surface area contributed by atoms with Crippen LogP contribution in [0.2, 0.25) is 0 Å². The lowest BCUT2D eigenvalue weighted by Gasteiger charge is -1.97. The number of ketones is 2. The van der Waals surface area contributed by atoms with Crippen LogP contribution < -0.4 is 0 Å². The van der Waals surface area contributed by atoms with Crippen molar-refractivity contribution in [2.45, 2.75) is 13.3 Å². The quantitative estimate of drug-likeness (QED) is 0.358. The van der Waals surface area contributed by atoms with E-state index in [1.165, 1.54) is 6.92 Å². The Morgan fingerprint density at radius 1 is 1.33 bits per heavy atom. The number of nitrogens with one attached hydrogen (secondary N) is 1. The number of hydrogen-bond donors (Lipinski definition) is 1. The zero-order valence-corrected chi connectivity index (χ0v) is 6.84. The SMILES string of the molecule is COC(=O)C(=N)C(=O)CC(C)=O. The van der Waals surface area contributed by atoms with Gasteiger partial charge in [0, 0.05) is 0 Å². The maximum Gasteiger partial charge on any atom is 0.359 e. The molecule has 0 aromatic heterocycles. The van der Waals surface area contributed by atoms with Crippen molar-refractivity contribution < 1.29 is 19.1 Å². The molecule has 0 saturated carbocycles. The Morgan fingerprint density at radius 3 is 2.17 bits per heavy atom. The highest BCUT2D eigenvalue weighted by Crippen LogP contribution is 1.89. The standard InChI is InChI=1S/C7H9NO4/c1-4(9)3-5(10)6(8)7(11)12-2/h8H,3H2,1-2H3. The van der Waals surface area contributed by atoms with Gasteiger partial charge in [-0.25, -0.2) is 4.79 Å². The summed E-state index contributed by atoms with van der Waals surface area (Å²) in [5.74, 6) is -2.20. The van der Waals surface area contributed by atoms with Gasteiger partial charge in [0.05, 0.1) is 13.5 Å². The van der Waals surface area contributed by atoms with Crippen LogP contribution in [0.3, 0.4) is 0 Å². The van der Waals surface area contributed by atoms with Gasteiger partial charge in [0.25, 0.3) is 0 Å². The van der Waals surface area contributed by atoms with E-state index in [0.717, 1.165) is 7.11 Å². The molecule has 0 heterocycles. The number of methoxy groups -OCH3 is 1. The number of rotatable bonds is 4. The maximum absolute atomic E-state index is 10.8. The van der Waals surface area contributed by atoms with Gasteiger partial charge >= 0.3 is 5.97 Å². The summed E-state index contributed by atoms with van der Waals surface area (Å²) in [6, 6.07) is 0. The number of ether oxygens (including phenoxy) is 1. The van der Waals surface area contributed by atoms with Crippen LogP contribution in [0.15, 0.2) is 0 Å². The van der Waals surface area contributed by atoms with Crippen molar-refractivity contribution in [3.8, 4) is 0 Å². The highest BCUT2D eigenvalue weighted by molar-refractivity contribution is 6.64. The van der Waals surface area contributed by atoms with E-state index in [1.54, 1.807) is 0 Å². The smallest absolute Gasteiger partial charge is 0.359 e. The predicted molar refractivity (Wildman–Crippen MR) is 40.0 cm³/mol. The van der Waals surface area contributed by atoms with Gasteiger partial charge in [-0.1, -0.05) is 0 Å². The minimum absolute atomic E-state index is 0.381. The van der Waals surface area contributed by atoms with E-state index in [4.69, 9.17) is 5.41 Å². The fraction of sp³-hybridized carbons (Fsp3) is 0.429. The molecule has 0 saturated heterocycles. The first kappa shape index (κ1) is 10.5. The fourth-order valence-electron chi connectivity index (χ4n) is 0.530. The third-order valence-corrected chi connectivity index (χ3v) is 1.08. The van der Waals surface area contributed by atoms with Crippen LogP contribution >= 0.6 is 0 Å². The highest BCUT2D eigenvalue weighted by atomic mass is 16.5. The van der Waals surface area contributed by atoms with E-state index in [2.05, 4.69) is 4.74 Å². The van der Waals surface area contributed by atoms with Crippen LogP contribution in [0.25, 0.3) is 0 Å². The highest BCUT2D eigenvalue weighted by Gasteiger charge is 2.19. The Bertz CT molecular complexity index is 244. The molecule has 12 heavy (non-hydrogen) atoms. The van der Waals surface area contributed by atoms with Crippen molar-refractivity contribution in [3.05, 3.63) is 0 Å². The molecule has 1 N–H and O–H groups in total. The summed E-state index contributed by atoms with van der Waals surface area (Å²) in [6.07, 6.45) is -0.423. The number of Topliss-reactive ketones (excluding diaryl/α,β-unsaturated/α-hetero) is 2. The lowest BCUT2D eigenvalue weighted by Crippen LogP contribution is -2.25. The van der Waals surface area contributed by atoms with Crippen molar-refractivity contribution in [1.82, 2.24) is 0 Å². The Balaban J connectivity index is 4.21. The van der Waals surface area contributed by atoms with Crippen LogP contribution in [0.4, 0.5) is 0 Å². The fourth-order valence-corrected chi connectivity index (χ4v) is 0.530. The van der Waals surface area contributed by atoms with Gasteiger partial charge in [-0.3, -0.25) is 15.0 Å². The number of esters is 1. The topological polar surface area (TPSA) is 84.3 Å². The number of carbonyl (C=O) groups excluding carboxylic acids is 3. The molecule has 5 heteroatoms. The van der Waals surface area contributed by atoms with Crippen molar-refractivity contribution in [2.75, 3.05) is 7.11 Å². The summed E-state index contributed by atoms with van der Waals surface area (Å²) < 4.78 is 4.12. The largest absolute Gasteiger partial charge is 0.464 e. The molecule has 0 rings (SSSR count). The zero-order valence-electron chi connectivity index (χ0n) is 6.84. The molecule has 0 aromatic rings. The molecule has 0 amide bonds. The Kier molecular flexibility index (Phi) is 3.82. The second-order valence-electron chi connectivity index (χ2n) is 2.17. The van der Waals surface area contributed by atoms with E-state index >= 15 is 0 Å². The van der Waals surface area contributed by atoms with Gasteiger partial charge in [-0.2, -0.15) is 0 Å². The monoisotopic (exact) mass is 171 g/mol. The van der Waals surface area contributed by atoms with Gasteiger partial charge in [0.1, 0.15) is 5.78 Å². The van der Waals surface area contributed by atoms with Gasteiger partial charge in [-0.05, 0) is 6.92 Å². The molecular formula is C7H9NO4. The number of hydrogen-bond acceptors (Lipinski definition) is 5. The molecule has 0 radical (unpaired) electrons. The van der Waals surface area contributed by atoms with Crippen LogP contribution in [-0.2, 0) is 19.1 Å². The minimum atomic E-state index is -1.01. The van der Waals surface area contributed by atoms with Crippen molar-refractivity contribution >= 4 is 23.2 Å². The molecule has 0 bridgehead atoms. The molecular weight excluding hydrogens is 162 g/mol. The van der Waals surface area contributed by atoms with Crippen LogP contribution in [0.1, 0.15) is 13.3 Å². The van der Waals surface area contributed by atoms with Gasteiger partial charge in [-0.15, -0.1) is 0 Å². The van der Waals surface area contributed by atoms with Crippen LogP contribution in [0.5, 0.6) is 0 Å². The molecule has 0 spiro atoms. The lowest BCUT2D eigenvalue weighted by molar-refractivity contribution is -0.133. The van der Waals surface area contributed by atoms with E-state index in [9.17, 15) is 14.4 Å². The van der Waals surface area contributed by atoms with E-state index in [0.29, 0.717) is 0 Å². The summed E-state index contributed by atoms with van der Waals surface area (Å²) in [5.41, 5.74) is -0.785. The molecule has 0 aliphatic carbocycles. The van der Waals surface area contributed by atoms with Gasteiger partial charge in [0.2, 0.25) is 0 Å². The third kappa shape index (κ3) is 3.05. The molecule has 0 aromatic carbocycles. The Morgan fingerprint density at radius 2 is 1.83 bits per heavy atom. The first-order valence-electron chi connectivity index (χ1n) is 3.18. The Hall–Kier alpha value is -1.52. The molecule has 0 atom stereocenters. The summed E-state index contributed by atoms with van der Waals surface area (Å²) in [5, 5.41) is 6.92.